The fourth-order valence-electron chi connectivity index (χ4n) is 5.94. The molecule has 0 radical (unpaired) electrons. The summed E-state index contributed by atoms with van der Waals surface area (Å²) in [5.41, 5.74) is 1.75. The van der Waals surface area contributed by atoms with E-state index in [1.54, 1.807) is 49.4 Å². The lowest BCUT2D eigenvalue weighted by molar-refractivity contribution is -0.140. The van der Waals surface area contributed by atoms with Gasteiger partial charge < -0.3 is 15.0 Å². The molecule has 0 bridgehead atoms. The number of nitrogens with one attached hydrogen (secondary N) is 1. The highest BCUT2D eigenvalue weighted by Gasteiger charge is 2.36. The Morgan fingerprint density at radius 1 is 0.854 bits per heavy atom. The molecule has 0 unspecified atom stereocenters. The molecule has 1 atom stereocenters. The van der Waals surface area contributed by atoms with E-state index < -0.39 is 28.5 Å². The van der Waals surface area contributed by atoms with Gasteiger partial charge in [-0.05, 0) is 79.4 Å². The van der Waals surface area contributed by atoms with Gasteiger partial charge in [-0.3, -0.25) is 13.9 Å². The molecule has 1 aliphatic carbocycles. The lowest BCUT2D eigenvalue weighted by Crippen LogP contribution is -2.54. The zero-order valence-corrected chi connectivity index (χ0v) is 29.1. The Labute approximate surface area is 292 Å². The van der Waals surface area contributed by atoms with Crippen LogP contribution in [0.1, 0.15) is 43.7 Å². The van der Waals surface area contributed by atoms with Crippen LogP contribution in [0.2, 0.25) is 10.0 Å². The van der Waals surface area contributed by atoms with Crippen LogP contribution in [0.3, 0.4) is 0 Å². The molecule has 4 aromatic rings. The summed E-state index contributed by atoms with van der Waals surface area (Å²) in [7, 11) is -4.32. The quantitative estimate of drug-likeness (QED) is 0.149. The second-order valence-electron chi connectivity index (χ2n) is 11.7. The van der Waals surface area contributed by atoms with Gasteiger partial charge in [0.15, 0.2) is 0 Å². The number of benzene rings is 4. The number of anilines is 1. The minimum absolute atomic E-state index is 0.0127. The second kappa shape index (κ2) is 16.4. The van der Waals surface area contributed by atoms with Crippen LogP contribution in [0.5, 0.6) is 5.75 Å². The van der Waals surface area contributed by atoms with Gasteiger partial charge in [-0.1, -0.05) is 90.6 Å². The Balaban J connectivity index is 1.59. The van der Waals surface area contributed by atoms with Gasteiger partial charge in [-0.15, -0.1) is 0 Å². The van der Waals surface area contributed by atoms with Crippen molar-refractivity contribution in [2.75, 3.05) is 17.5 Å². The van der Waals surface area contributed by atoms with Crippen molar-refractivity contribution >= 4 is 50.7 Å². The molecule has 0 heterocycles. The molecular weight excluding hydrogens is 669 g/mol. The number of rotatable bonds is 14. The number of para-hydroxylation sites is 2. The molecule has 2 amide bonds. The first-order chi connectivity index (χ1) is 23.2. The normalized spacial score (nSPS) is 13.9. The first-order valence-electron chi connectivity index (χ1n) is 16.0. The van der Waals surface area contributed by atoms with E-state index in [1.807, 2.05) is 36.4 Å². The van der Waals surface area contributed by atoms with Crippen LogP contribution in [-0.4, -0.2) is 50.4 Å². The Hall–Kier alpha value is -4.05. The van der Waals surface area contributed by atoms with Crippen LogP contribution in [0.4, 0.5) is 5.69 Å². The van der Waals surface area contributed by atoms with Gasteiger partial charge >= 0.3 is 0 Å². The zero-order valence-electron chi connectivity index (χ0n) is 26.7. The third-order valence-electron chi connectivity index (χ3n) is 8.33. The predicted molar refractivity (Wildman–Crippen MR) is 190 cm³/mol. The Morgan fingerprint density at radius 3 is 2.21 bits per heavy atom. The average Bonchev–Trinajstić information content (AvgIpc) is 3.59. The monoisotopic (exact) mass is 707 g/mol. The summed E-state index contributed by atoms with van der Waals surface area (Å²) in [6, 6.07) is 28.1. The van der Waals surface area contributed by atoms with Crippen LogP contribution in [0, 0.1) is 0 Å². The summed E-state index contributed by atoms with van der Waals surface area (Å²) in [5.74, 6) is -0.559. The van der Waals surface area contributed by atoms with Gasteiger partial charge in [0.25, 0.3) is 10.0 Å². The summed E-state index contributed by atoms with van der Waals surface area (Å²) < 4.78 is 35.6. The fourth-order valence-corrected chi connectivity index (χ4v) is 7.70. The maximum Gasteiger partial charge on any atom is 0.264 e. The second-order valence-corrected chi connectivity index (χ2v) is 14.4. The van der Waals surface area contributed by atoms with E-state index in [0.717, 1.165) is 35.6 Å². The minimum atomic E-state index is -4.32. The highest BCUT2D eigenvalue weighted by atomic mass is 35.5. The molecule has 11 heteroatoms. The average molecular weight is 709 g/mol. The molecule has 1 saturated carbocycles. The van der Waals surface area contributed by atoms with Crippen LogP contribution < -0.4 is 14.4 Å². The van der Waals surface area contributed by atoms with Crippen molar-refractivity contribution in [1.29, 1.82) is 0 Å². The number of halogens is 2. The lowest BCUT2D eigenvalue weighted by Gasteiger charge is -2.34. The van der Waals surface area contributed by atoms with Gasteiger partial charge in [0.1, 0.15) is 18.3 Å². The van der Waals surface area contributed by atoms with Crippen molar-refractivity contribution in [1.82, 2.24) is 10.2 Å². The SMILES string of the molecule is CCOc1ccccc1N(CC(=O)N(Cc1cccc(Cl)c1)[C@@H](Cc1ccccc1)C(=O)NC1CCCC1)S(=O)(=O)c1ccc(Cl)cc1. The number of sulfonamides is 1. The number of carbonyl (C=O) groups is 2. The van der Waals surface area contributed by atoms with Crippen LogP contribution in [-0.2, 0) is 32.6 Å². The number of carbonyl (C=O) groups excluding carboxylic acids is 2. The predicted octanol–water partition coefficient (Wildman–Crippen LogP) is 7.29. The topological polar surface area (TPSA) is 96.0 Å². The van der Waals surface area contributed by atoms with Crippen LogP contribution in [0.25, 0.3) is 0 Å². The third-order valence-corrected chi connectivity index (χ3v) is 10.6. The largest absolute Gasteiger partial charge is 0.492 e. The Kier molecular flexibility index (Phi) is 12.0. The zero-order chi connectivity index (χ0) is 34.1. The van der Waals surface area contributed by atoms with Gasteiger partial charge in [0.2, 0.25) is 11.8 Å². The summed E-state index contributed by atoms with van der Waals surface area (Å²) in [5, 5.41) is 4.03. The molecule has 0 aromatic heterocycles. The van der Waals surface area contributed by atoms with Crippen molar-refractivity contribution < 1.29 is 22.7 Å². The number of nitrogens with zero attached hydrogens (tertiary/aromatic N) is 2. The summed E-state index contributed by atoms with van der Waals surface area (Å²) in [6.07, 6.45) is 4.01. The number of hydrogen-bond donors (Lipinski definition) is 1. The van der Waals surface area contributed by atoms with E-state index >= 15 is 0 Å². The van der Waals surface area contributed by atoms with E-state index in [4.69, 9.17) is 27.9 Å². The molecule has 5 rings (SSSR count). The molecule has 8 nitrogen and oxygen atoms in total. The standard InChI is InChI=1S/C37H39Cl2N3O5S/c1-2-47-35-18-9-8-17-33(35)42(48(45,46)32-21-19-29(38)20-22-32)26-36(43)41(25-28-13-10-14-30(39)23-28)34(24-27-11-4-3-5-12-27)37(44)40-31-15-6-7-16-31/h3-5,8-14,17-23,31,34H,2,6-7,15-16,24-26H2,1H3,(H,40,44)/t34-/m0/s1. The number of ether oxygens (including phenoxy) is 1. The van der Waals surface area contributed by atoms with E-state index in [-0.39, 0.29) is 42.1 Å². The first-order valence-corrected chi connectivity index (χ1v) is 18.2. The molecule has 0 aliphatic heterocycles. The van der Waals surface area contributed by atoms with Gasteiger partial charge in [0, 0.05) is 29.1 Å². The maximum atomic E-state index is 14.7. The van der Waals surface area contributed by atoms with E-state index in [9.17, 15) is 18.0 Å². The molecule has 1 fully saturated rings. The van der Waals surface area contributed by atoms with Crippen molar-refractivity contribution in [3.63, 3.8) is 0 Å². The van der Waals surface area contributed by atoms with E-state index in [2.05, 4.69) is 5.32 Å². The van der Waals surface area contributed by atoms with Crippen molar-refractivity contribution in [2.24, 2.45) is 0 Å². The van der Waals surface area contributed by atoms with E-state index in [0.29, 0.717) is 21.4 Å². The van der Waals surface area contributed by atoms with Gasteiger partial charge in [0.05, 0.1) is 17.2 Å². The molecular formula is C37H39Cl2N3O5S. The van der Waals surface area contributed by atoms with E-state index in [1.165, 1.54) is 29.2 Å². The molecule has 1 N–H and O–H groups in total. The number of hydrogen-bond acceptors (Lipinski definition) is 5. The summed E-state index contributed by atoms with van der Waals surface area (Å²) >= 11 is 12.4. The fraction of sp³-hybridized carbons (Fsp3) is 0.297. The van der Waals surface area contributed by atoms with Gasteiger partial charge in [-0.25, -0.2) is 8.42 Å². The van der Waals surface area contributed by atoms with Crippen molar-refractivity contribution in [3.05, 3.63) is 124 Å². The highest BCUT2D eigenvalue weighted by Crippen LogP contribution is 2.33. The first kappa shape index (κ1) is 35.3. The lowest BCUT2D eigenvalue weighted by atomic mass is 10.0. The summed E-state index contributed by atoms with van der Waals surface area (Å²) in [4.78, 5) is 30.3. The van der Waals surface area contributed by atoms with Crippen molar-refractivity contribution in [2.45, 2.75) is 62.6 Å². The Morgan fingerprint density at radius 2 is 1.52 bits per heavy atom. The molecule has 0 saturated heterocycles. The highest BCUT2D eigenvalue weighted by molar-refractivity contribution is 7.92. The summed E-state index contributed by atoms with van der Waals surface area (Å²) in [6.45, 7) is 1.50. The third kappa shape index (κ3) is 8.89. The number of amides is 2. The molecule has 1 aliphatic rings. The van der Waals surface area contributed by atoms with Crippen LogP contribution >= 0.6 is 23.2 Å². The molecule has 252 valence electrons. The van der Waals surface area contributed by atoms with Gasteiger partial charge in [-0.2, -0.15) is 0 Å². The minimum Gasteiger partial charge on any atom is -0.492 e. The molecule has 48 heavy (non-hydrogen) atoms. The molecule has 0 spiro atoms. The van der Waals surface area contributed by atoms with Crippen LogP contribution in [0.15, 0.2) is 108 Å². The van der Waals surface area contributed by atoms with Crippen molar-refractivity contribution in [3.8, 4) is 5.75 Å². The maximum absolute atomic E-state index is 14.7. The smallest absolute Gasteiger partial charge is 0.264 e. The Bertz CT molecular complexity index is 1800. The molecule has 4 aromatic carbocycles.